The fourth-order valence-corrected chi connectivity index (χ4v) is 2.41. The topological polar surface area (TPSA) is 78.9 Å². The molecule has 0 aromatic heterocycles. The van der Waals surface area contributed by atoms with Crippen molar-refractivity contribution in [3.8, 4) is 0 Å². The molecule has 6 nitrogen and oxygen atoms in total. The number of piperidine rings is 1. The summed E-state index contributed by atoms with van der Waals surface area (Å²) in [5, 5.41) is 11.5. The van der Waals surface area contributed by atoms with Crippen molar-refractivity contribution in [1.82, 2.24) is 10.2 Å². The Hall–Kier alpha value is -1.14. The number of rotatable bonds is 7. The first-order chi connectivity index (χ1) is 9.04. The number of aliphatic carboxylic acids is 1. The minimum atomic E-state index is -0.840. The maximum Gasteiger partial charge on any atom is 0.323 e. The summed E-state index contributed by atoms with van der Waals surface area (Å²) >= 11 is 0. The van der Waals surface area contributed by atoms with Crippen molar-refractivity contribution in [3.05, 3.63) is 0 Å². The molecule has 1 saturated heterocycles. The number of carboxylic acid groups (broad SMARTS) is 1. The molecule has 1 aliphatic rings. The number of hydrogen-bond donors (Lipinski definition) is 2. The molecule has 0 spiro atoms. The van der Waals surface area contributed by atoms with E-state index in [0.29, 0.717) is 19.1 Å². The molecule has 19 heavy (non-hydrogen) atoms. The van der Waals surface area contributed by atoms with Crippen molar-refractivity contribution in [3.63, 3.8) is 0 Å². The quantitative estimate of drug-likeness (QED) is 0.650. The van der Waals surface area contributed by atoms with E-state index < -0.39 is 5.97 Å². The molecule has 1 fully saturated rings. The summed E-state index contributed by atoms with van der Waals surface area (Å²) in [6.07, 6.45) is 2.10. The van der Waals surface area contributed by atoms with Crippen molar-refractivity contribution < 1.29 is 19.4 Å². The van der Waals surface area contributed by atoms with Crippen LogP contribution >= 0.6 is 0 Å². The Balaban J connectivity index is 2.36. The molecular weight excluding hydrogens is 248 g/mol. The van der Waals surface area contributed by atoms with Crippen LogP contribution < -0.4 is 5.32 Å². The summed E-state index contributed by atoms with van der Waals surface area (Å²) in [6.45, 7) is 6.45. The zero-order chi connectivity index (χ0) is 14.3. The summed E-state index contributed by atoms with van der Waals surface area (Å²) in [7, 11) is 0. The van der Waals surface area contributed by atoms with E-state index in [1.54, 1.807) is 6.92 Å². The smallest absolute Gasteiger partial charge is 0.323 e. The van der Waals surface area contributed by atoms with Crippen LogP contribution in [0.25, 0.3) is 0 Å². The Bertz CT molecular complexity index is 309. The molecule has 2 atom stereocenters. The number of esters is 1. The van der Waals surface area contributed by atoms with Crippen LogP contribution in [0.3, 0.4) is 0 Å². The number of ether oxygens (including phenoxy) is 1. The van der Waals surface area contributed by atoms with Gasteiger partial charge in [0, 0.05) is 6.54 Å². The summed E-state index contributed by atoms with van der Waals surface area (Å²) < 4.78 is 5.03. The second-order valence-electron chi connectivity index (χ2n) is 4.96. The first-order valence-electron chi connectivity index (χ1n) is 6.87. The van der Waals surface area contributed by atoms with Crippen LogP contribution in [0, 0.1) is 5.92 Å². The van der Waals surface area contributed by atoms with Gasteiger partial charge in [-0.25, -0.2) is 0 Å². The van der Waals surface area contributed by atoms with Gasteiger partial charge in [0.1, 0.15) is 6.04 Å². The van der Waals surface area contributed by atoms with Crippen LogP contribution in [-0.2, 0) is 14.3 Å². The van der Waals surface area contributed by atoms with Crippen molar-refractivity contribution in [1.29, 1.82) is 0 Å². The number of carbonyl (C=O) groups is 2. The van der Waals surface area contributed by atoms with Crippen LogP contribution in [0.1, 0.15) is 26.7 Å². The van der Waals surface area contributed by atoms with Crippen molar-refractivity contribution in [2.75, 3.05) is 32.8 Å². The van der Waals surface area contributed by atoms with Gasteiger partial charge in [-0.15, -0.1) is 0 Å². The van der Waals surface area contributed by atoms with E-state index in [9.17, 15) is 9.59 Å². The molecule has 2 N–H and O–H groups in total. The van der Waals surface area contributed by atoms with Gasteiger partial charge >= 0.3 is 11.9 Å². The molecule has 0 radical (unpaired) electrons. The van der Waals surface area contributed by atoms with E-state index in [2.05, 4.69) is 10.2 Å². The van der Waals surface area contributed by atoms with Gasteiger partial charge in [-0.3, -0.25) is 14.5 Å². The predicted molar refractivity (Wildman–Crippen MR) is 70.9 cm³/mol. The summed E-state index contributed by atoms with van der Waals surface area (Å²) in [4.78, 5) is 24.3. The Morgan fingerprint density at radius 1 is 1.53 bits per heavy atom. The van der Waals surface area contributed by atoms with Crippen LogP contribution in [0.5, 0.6) is 0 Å². The second-order valence-corrected chi connectivity index (χ2v) is 4.96. The highest BCUT2D eigenvalue weighted by molar-refractivity contribution is 5.75. The highest BCUT2D eigenvalue weighted by atomic mass is 16.5. The molecule has 0 saturated carbocycles. The normalized spacial score (nSPS) is 21.9. The van der Waals surface area contributed by atoms with E-state index in [0.717, 1.165) is 25.9 Å². The SMILES string of the molecule is CCOC(=O)C(C)N1CCCC(CNCC(=O)O)C1. The summed E-state index contributed by atoms with van der Waals surface area (Å²) in [6, 6.07) is -0.220. The minimum absolute atomic E-state index is 0.00999. The molecule has 0 bridgehead atoms. The van der Waals surface area contributed by atoms with E-state index >= 15 is 0 Å². The standard InChI is InChI=1S/C13H24N2O4/c1-3-19-13(18)10(2)15-6-4-5-11(9-15)7-14-8-12(16)17/h10-11,14H,3-9H2,1-2H3,(H,16,17). The number of carboxylic acids is 1. The van der Waals surface area contributed by atoms with E-state index in [1.807, 2.05) is 6.92 Å². The maximum atomic E-state index is 11.7. The Morgan fingerprint density at radius 3 is 2.89 bits per heavy atom. The Labute approximate surface area is 114 Å². The molecule has 1 rings (SSSR count). The summed E-state index contributed by atoms with van der Waals surface area (Å²) in [5.41, 5.74) is 0. The van der Waals surface area contributed by atoms with Gasteiger partial charge in [0.15, 0.2) is 0 Å². The highest BCUT2D eigenvalue weighted by Crippen LogP contribution is 2.18. The fraction of sp³-hybridized carbons (Fsp3) is 0.846. The molecule has 6 heteroatoms. The van der Waals surface area contributed by atoms with Crippen LogP contribution in [0.15, 0.2) is 0 Å². The lowest BCUT2D eigenvalue weighted by Crippen LogP contribution is -2.47. The van der Waals surface area contributed by atoms with Crippen LogP contribution in [-0.4, -0.2) is 60.8 Å². The molecule has 2 unspecified atom stereocenters. The van der Waals surface area contributed by atoms with Crippen molar-refractivity contribution in [2.24, 2.45) is 5.92 Å². The number of nitrogens with zero attached hydrogens (tertiary/aromatic N) is 1. The molecule has 0 aromatic carbocycles. The van der Waals surface area contributed by atoms with Crippen molar-refractivity contribution >= 4 is 11.9 Å². The Morgan fingerprint density at radius 2 is 2.26 bits per heavy atom. The lowest BCUT2D eigenvalue weighted by atomic mass is 9.97. The van der Waals surface area contributed by atoms with Crippen LogP contribution in [0.2, 0.25) is 0 Å². The Kier molecular flexibility index (Phi) is 6.80. The minimum Gasteiger partial charge on any atom is -0.480 e. The third kappa shape index (κ3) is 5.57. The maximum absolute atomic E-state index is 11.7. The van der Waals surface area contributed by atoms with E-state index in [-0.39, 0.29) is 18.6 Å². The average Bonchev–Trinajstić information content (AvgIpc) is 2.38. The first kappa shape index (κ1) is 15.9. The molecule has 0 amide bonds. The fourth-order valence-electron chi connectivity index (χ4n) is 2.41. The van der Waals surface area contributed by atoms with Gasteiger partial charge < -0.3 is 15.2 Å². The molecule has 1 aliphatic heterocycles. The third-order valence-corrected chi connectivity index (χ3v) is 3.44. The van der Waals surface area contributed by atoms with Gasteiger partial charge in [0.05, 0.1) is 13.2 Å². The van der Waals surface area contributed by atoms with Gasteiger partial charge in [0.2, 0.25) is 0 Å². The summed E-state index contributed by atoms with van der Waals surface area (Å²) in [5.74, 6) is -0.626. The van der Waals surface area contributed by atoms with Gasteiger partial charge in [-0.05, 0) is 45.7 Å². The lowest BCUT2D eigenvalue weighted by Gasteiger charge is -2.35. The highest BCUT2D eigenvalue weighted by Gasteiger charge is 2.27. The molecule has 0 aliphatic carbocycles. The zero-order valence-electron chi connectivity index (χ0n) is 11.7. The van der Waals surface area contributed by atoms with Gasteiger partial charge in [0.25, 0.3) is 0 Å². The van der Waals surface area contributed by atoms with Gasteiger partial charge in [-0.2, -0.15) is 0 Å². The third-order valence-electron chi connectivity index (χ3n) is 3.44. The average molecular weight is 272 g/mol. The zero-order valence-corrected chi connectivity index (χ0v) is 11.7. The molecule has 0 aromatic rings. The monoisotopic (exact) mass is 272 g/mol. The first-order valence-corrected chi connectivity index (χ1v) is 6.87. The van der Waals surface area contributed by atoms with E-state index in [1.165, 1.54) is 0 Å². The second kappa shape index (κ2) is 8.12. The van der Waals surface area contributed by atoms with E-state index in [4.69, 9.17) is 9.84 Å². The van der Waals surface area contributed by atoms with Crippen molar-refractivity contribution in [2.45, 2.75) is 32.7 Å². The predicted octanol–water partition coefficient (Wildman–Crippen LogP) is 0.324. The number of carbonyl (C=O) groups excluding carboxylic acids is 1. The number of hydrogen-bond acceptors (Lipinski definition) is 5. The number of likely N-dealkylation sites (tertiary alicyclic amines) is 1. The molecule has 110 valence electrons. The molecule has 1 heterocycles. The lowest BCUT2D eigenvalue weighted by molar-refractivity contribution is -0.149. The van der Waals surface area contributed by atoms with Gasteiger partial charge in [-0.1, -0.05) is 0 Å². The largest absolute Gasteiger partial charge is 0.480 e. The van der Waals surface area contributed by atoms with Crippen LogP contribution in [0.4, 0.5) is 0 Å². The molecular formula is C13H24N2O4. The number of nitrogens with one attached hydrogen (secondary N) is 1.